The zero-order valence-corrected chi connectivity index (χ0v) is 12.2. The van der Waals surface area contributed by atoms with Gasteiger partial charge in [0.2, 0.25) is 0 Å². The molecule has 1 aliphatic rings. The van der Waals surface area contributed by atoms with Gasteiger partial charge < -0.3 is 10.2 Å². The van der Waals surface area contributed by atoms with Gasteiger partial charge in [0.05, 0.1) is 0 Å². The van der Waals surface area contributed by atoms with E-state index in [9.17, 15) is 14.0 Å². The number of alkyl halides is 2. The summed E-state index contributed by atoms with van der Waals surface area (Å²) in [4.78, 5) is 25.2. The van der Waals surface area contributed by atoms with E-state index >= 15 is 0 Å². The zero-order chi connectivity index (χ0) is 14.5. The summed E-state index contributed by atoms with van der Waals surface area (Å²) < 4.78 is 12.6. The molecule has 1 fully saturated rings. The van der Waals surface area contributed by atoms with E-state index in [1.807, 2.05) is 11.8 Å². The van der Waals surface area contributed by atoms with Crippen molar-refractivity contribution in [3.63, 3.8) is 0 Å². The van der Waals surface area contributed by atoms with Crippen LogP contribution in [0.5, 0.6) is 0 Å². The first-order valence-corrected chi connectivity index (χ1v) is 7.73. The van der Waals surface area contributed by atoms with Crippen molar-refractivity contribution in [1.82, 2.24) is 4.90 Å². The van der Waals surface area contributed by atoms with Crippen molar-refractivity contribution < 1.29 is 14.0 Å². The van der Waals surface area contributed by atoms with Gasteiger partial charge in [-0.25, -0.2) is 4.39 Å². The van der Waals surface area contributed by atoms with Gasteiger partial charge in [0.15, 0.2) is 0 Å². The first-order valence-electron chi connectivity index (χ1n) is 6.14. The number of anilines is 1. The van der Waals surface area contributed by atoms with E-state index in [1.165, 1.54) is 6.07 Å². The molecule has 1 saturated heterocycles. The molecule has 0 spiro atoms. The number of nitrogens with zero attached hydrogens (tertiary/aromatic N) is 1. The van der Waals surface area contributed by atoms with Gasteiger partial charge in [-0.05, 0) is 18.2 Å². The van der Waals surface area contributed by atoms with Crippen molar-refractivity contribution in [1.29, 1.82) is 0 Å². The minimum absolute atomic E-state index is 0.0796. The quantitative estimate of drug-likeness (QED) is 0.871. The summed E-state index contributed by atoms with van der Waals surface area (Å²) in [5.41, 5.74) is -1.27. The van der Waals surface area contributed by atoms with E-state index in [-0.39, 0.29) is 5.91 Å². The maximum absolute atomic E-state index is 12.6. The summed E-state index contributed by atoms with van der Waals surface area (Å²) >= 11 is 6.86. The Kier molecular flexibility index (Phi) is 5.25. The lowest BCUT2D eigenvalue weighted by atomic mass is 10.1. The lowest BCUT2D eigenvalue weighted by Gasteiger charge is -2.26. The maximum atomic E-state index is 12.6. The molecule has 2 amide bonds. The van der Waals surface area contributed by atoms with Crippen LogP contribution in [0.15, 0.2) is 24.3 Å². The molecule has 1 heterocycles. The number of halogens is 2. The number of thioether (sulfide) groups is 1. The topological polar surface area (TPSA) is 49.4 Å². The van der Waals surface area contributed by atoms with Crippen molar-refractivity contribution >= 4 is 40.9 Å². The van der Waals surface area contributed by atoms with Crippen molar-refractivity contribution in [2.24, 2.45) is 0 Å². The predicted molar refractivity (Wildman–Crippen MR) is 79.0 cm³/mol. The molecule has 0 aromatic heterocycles. The van der Waals surface area contributed by atoms with Gasteiger partial charge in [0, 0.05) is 35.8 Å². The minimum atomic E-state index is -2.10. The van der Waals surface area contributed by atoms with Gasteiger partial charge in [-0.3, -0.25) is 9.59 Å². The van der Waals surface area contributed by atoms with Crippen LogP contribution in [0.25, 0.3) is 0 Å². The molecule has 20 heavy (non-hydrogen) atoms. The summed E-state index contributed by atoms with van der Waals surface area (Å²) in [5.74, 6) is 0.838. The Labute approximate surface area is 125 Å². The molecule has 1 unspecified atom stereocenters. The number of rotatable bonds is 3. The smallest absolute Gasteiger partial charge is 0.274 e. The Bertz CT molecular complexity index is 507. The zero-order valence-electron chi connectivity index (χ0n) is 10.6. The summed E-state index contributed by atoms with van der Waals surface area (Å²) in [6.07, 6.45) is 0. The molecular formula is C13H14ClFN2O2S. The second-order valence-electron chi connectivity index (χ2n) is 4.28. The second kappa shape index (κ2) is 6.95. The number of carbonyl (C=O) groups is 2. The van der Waals surface area contributed by atoms with Crippen molar-refractivity contribution in [3.8, 4) is 0 Å². The van der Waals surface area contributed by atoms with Crippen LogP contribution in [-0.2, 0) is 4.79 Å². The Hall–Kier alpha value is -1.27. The van der Waals surface area contributed by atoms with E-state index < -0.39 is 11.5 Å². The lowest BCUT2D eigenvalue weighted by molar-refractivity contribution is -0.118. The molecule has 0 aliphatic carbocycles. The molecule has 0 saturated carbocycles. The third-order valence-corrected chi connectivity index (χ3v) is 4.01. The molecule has 1 atom stereocenters. The molecule has 7 heteroatoms. The molecular weight excluding hydrogens is 303 g/mol. The van der Waals surface area contributed by atoms with Gasteiger partial charge in [-0.15, -0.1) is 0 Å². The van der Waals surface area contributed by atoms with Crippen LogP contribution in [0.3, 0.4) is 0 Å². The Morgan fingerprint density at radius 2 is 2.05 bits per heavy atom. The van der Waals surface area contributed by atoms with E-state index in [4.69, 9.17) is 11.6 Å². The Morgan fingerprint density at radius 1 is 1.35 bits per heavy atom. The van der Waals surface area contributed by atoms with Gasteiger partial charge >= 0.3 is 0 Å². The summed E-state index contributed by atoms with van der Waals surface area (Å²) in [6, 6.07) is 6.43. The van der Waals surface area contributed by atoms with Crippen LogP contribution in [0.4, 0.5) is 10.1 Å². The van der Waals surface area contributed by atoms with E-state index in [0.717, 1.165) is 11.5 Å². The monoisotopic (exact) mass is 316 g/mol. The number of hydrogen-bond donors (Lipinski definition) is 1. The molecule has 1 aliphatic heterocycles. The molecule has 1 aromatic carbocycles. The number of amides is 2. The van der Waals surface area contributed by atoms with Gasteiger partial charge in [0.25, 0.3) is 17.4 Å². The SMILES string of the molecule is O=C(Nc1cccc(C(=O)N2CCSCC2)c1)C(F)Cl. The molecule has 1 aromatic rings. The van der Waals surface area contributed by atoms with E-state index in [2.05, 4.69) is 5.32 Å². The number of benzene rings is 1. The highest BCUT2D eigenvalue weighted by Gasteiger charge is 2.19. The van der Waals surface area contributed by atoms with Crippen LogP contribution in [0, 0.1) is 0 Å². The lowest BCUT2D eigenvalue weighted by Crippen LogP contribution is -2.37. The average molecular weight is 317 g/mol. The van der Waals surface area contributed by atoms with Crippen LogP contribution < -0.4 is 5.32 Å². The van der Waals surface area contributed by atoms with Crippen LogP contribution in [0.1, 0.15) is 10.4 Å². The third kappa shape index (κ3) is 3.86. The normalized spacial score (nSPS) is 16.6. The Balaban J connectivity index is 2.08. The van der Waals surface area contributed by atoms with Crippen molar-refractivity contribution in [2.75, 3.05) is 29.9 Å². The molecule has 4 nitrogen and oxygen atoms in total. The maximum Gasteiger partial charge on any atom is 0.274 e. The molecule has 0 radical (unpaired) electrons. The minimum Gasteiger partial charge on any atom is -0.337 e. The first-order chi connectivity index (χ1) is 9.58. The molecule has 1 N–H and O–H groups in total. The molecule has 108 valence electrons. The molecule has 2 rings (SSSR count). The Morgan fingerprint density at radius 3 is 2.70 bits per heavy atom. The highest BCUT2D eigenvalue weighted by Crippen LogP contribution is 2.16. The molecule has 0 bridgehead atoms. The van der Waals surface area contributed by atoms with Crippen LogP contribution >= 0.6 is 23.4 Å². The van der Waals surface area contributed by atoms with Crippen molar-refractivity contribution in [2.45, 2.75) is 5.63 Å². The predicted octanol–water partition coefficient (Wildman–Crippen LogP) is 2.35. The largest absolute Gasteiger partial charge is 0.337 e. The van der Waals surface area contributed by atoms with Crippen LogP contribution in [0.2, 0.25) is 0 Å². The fraction of sp³-hybridized carbons (Fsp3) is 0.385. The first kappa shape index (κ1) is 15.1. The number of carbonyl (C=O) groups excluding carboxylic acids is 2. The highest BCUT2D eigenvalue weighted by molar-refractivity contribution is 7.99. The standard InChI is InChI=1S/C13H14ClFN2O2S/c14-11(15)12(18)16-10-3-1-2-9(8-10)13(19)17-4-6-20-7-5-17/h1-3,8,11H,4-7H2,(H,16,18). The summed E-state index contributed by atoms with van der Waals surface area (Å²) in [6.45, 7) is 1.43. The van der Waals surface area contributed by atoms with Gasteiger partial charge in [-0.1, -0.05) is 17.7 Å². The third-order valence-electron chi connectivity index (χ3n) is 2.87. The van der Waals surface area contributed by atoms with Crippen molar-refractivity contribution in [3.05, 3.63) is 29.8 Å². The average Bonchev–Trinajstić information content (AvgIpc) is 2.47. The van der Waals surface area contributed by atoms with E-state index in [0.29, 0.717) is 24.3 Å². The number of hydrogen-bond acceptors (Lipinski definition) is 3. The fourth-order valence-electron chi connectivity index (χ4n) is 1.88. The second-order valence-corrected chi connectivity index (χ2v) is 5.88. The highest BCUT2D eigenvalue weighted by atomic mass is 35.5. The summed E-state index contributed by atoms with van der Waals surface area (Å²) in [5, 5.41) is 2.32. The van der Waals surface area contributed by atoms with Gasteiger partial charge in [0.1, 0.15) is 0 Å². The fourth-order valence-corrected chi connectivity index (χ4v) is 2.83. The summed E-state index contributed by atoms with van der Waals surface area (Å²) in [7, 11) is 0. The van der Waals surface area contributed by atoms with E-state index in [1.54, 1.807) is 23.1 Å². The number of nitrogens with one attached hydrogen (secondary N) is 1. The van der Waals surface area contributed by atoms with Crippen LogP contribution in [-0.4, -0.2) is 46.9 Å². The van der Waals surface area contributed by atoms with Gasteiger partial charge in [-0.2, -0.15) is 11.8 Å².